The van der Waals surface area contributed by atoms with Crippen LogP contribution in [0.1, 0.15) is 13.3 Å². The molecule has 4 nitrogen and oxygen atoms in total. The van der Waals surface area contributed by atoms with Gasteiger partial charge in [-0.1, -0.05) is 12.2 Å². The molecule has 17 heavy (non-hydrogen) atoms. The maximum absolute atomic E-state index is 5.51. The van der Waals surface area contributed by atoms with Gasteiger partial charge in [-0.25, -0.2) is 0 Å². The standard InChI is InChI=1S/C12H16N2O2S/c1-8(6-12(13)17)14-9-2-3-10-11(7-9)16-5-4-15-10/h2-3,7-8,14H,4-6H2,1H3,(H2,13,17). The lowest BCUT2D eigenvalue weighted by Crippen LogP contribution is -2.23. The lowest BCUT2D eigenvalue weighted by Gasteiger charge is -2.20. The Hall–Kier alpha value is -1.49. The van der Waals surface area contributed by atoms with E-state index in [1.807, 2.05) is 25.1 Å². The minimum absolute atomic E-state index is 0.204. The van der Waals surface area contributed by atoms with Crippen molar-refractivity contribution in [3.05, 3.63) is 18.2 Å². The number of nitrogens with two attached hydrogens (primary N) is 1. The van der Waals surface area contributed by atoms with E-state index in [1.165, 1.54) is 0 Å². The van der Waals surface area contributed by atoms with Gasteiger partial charge >= 0.3 is 0 Å². The molecule has 1 unspecified atom stereocenters. The van der Waals surface area contributed by atoms with Crippen LogP contribution in [-0.4, -0.2) is 24.2 Å². The third-order valence-corrected chi connectivity index (χ3v) is 2.63. The van der Waals surface area contributed by atoms with Gasteiger partial charge in [0.1, 0.15) is 13.2 Å². The number of anilines is 1. The zero-order valence-corrected chi connectivity index (χ0v) is 10.5. The third kappa shape index (κ3) is 3.23. The van der Waals surface area contributed by atoms with E-state index in [0.29, 0.717) is 24.6 Å². The second-order valence-electron chi connectivity index (χ2n) is 4.07. The fourth-order valence-electron chi connectivity index (χ4n) is 1.77. The Balaban J connectivity index is 2.04. The van der Waals surface area contributed by atoms with Crippen molar-refractivity contribution in [2.45, 2.75) is 19.4 Å². The van der Waals surface area contributed by atoms with Gasteiger partial charge in [-0.05, 0) is 19.1 Å². The van der Waals surface area contributed by atoms with Gasteiger partial charge in [0.2, 0.25) is 0 Å². The molecule has 3 N–H and O–H groups in total. The molecule has 0 spiro atoms. The first-order valence-corrected chi connectivity index (χ1v) is 6.00. The molecule has 0 fully saturated rings. The number of ether oxygens (including phenoxy) is 2. The highest BCUT2D eigenvalue weighted by Crippen LogP contribution is 2.32. The van der Waals surface area contributed by atoms with Crippen LogP contribution in [0.15, 0.2) is 18.2 Å². The average Bonchev–Trinajstić information content (AvgIpc) is 2.27. The van der Waals surface area contributed by atoms with Gasteiger partial charge in [0.25, 0.3) is 0 Å². The van der Waals surface area contributed by atoms with Gasteiger partial charge in [-0.2, -0.15) is 0 Å². The summed E-state index contributed by atoms with van der Waals surface area (Å²) >= 11 is 4.88. The van der Waals surface area contributed by atoms with Crippen LogP contribution >= 0.6 is 12.2 Å². The number of rotatable bonds is 4. The van der Waals surface area contributed by atoms with Crippen LogP contribution in [0.5, 0.6) is 11.5 Å². The molecule has 1 aromatic rings. The zero-order chi connectivity index (χ0) is 12.3. The van der Waals surface area contributed by atoms with Crippen molar-refractivity contribution in [3.63, 3.8) is 0 Å². The van der Waals surface area contributed by atoms with Crippen molar-refractivity contribution in [2.24, 2.45) is 5.73 Å². The van der Waals surface area contributed by atoms with E-state index in [4.69, 9.17) is 27.4 Å². The van der Waals surface area contributed by atoms with Crippen LogP contribution in [0.25, 0.3) is 0 Å². The molecule has 1 atom stereocenters. The van der Waals surface area contributed by atoms with Gasteiger partial charge in [-0.3, -0.25) is 0 Å². The molecular formula is C12H16N2O2S. The molecule has 92 valence electrons. The Morgan fingerprint density at radius 2 is 2.12 bits per heavy atom. The molecule has 0 aliphatic carbocycles. The van der Waals surface area contributed by atoms with Crippen molar-refractivity contribution >= 4 is 22.9 Å². The number of fused-ring (bicyclic) bond motifs is 1. The summed E-state index contributed by atoms with van der Waals surface area (Å²) in [4.78, 5) is 0.516. The molecule has 0 saturated heterocycles. The van der Waals surface area contributed by atoms with E-state index in [1.54, 1.807) is 0 Å². The van der Waals surface area contributed by atoms with E-state index in [9.17, 15) is 0 Å². The highest BCUT2D eigenvalue weighted by molar-refractivity contribution is 7.80. The second kappa shape index (κ2) is 5.23. The fraction of sp³-hybridized carbons (Fsp3) is 0.417. The lowest BCUT2D eigenvalue weighted by atomic mass is 10.2. The molecule has 5 heteroatoms. The first-order valence-electron chi connectivity index (χ1n) is 5.59. The van der Waals surface area contributed by atoms with Crippen LogP contribution in [0.2, 0.25) is 0 Å². The van der Waals surface area contributed by atoms with Gasteiger partial charge in [-0.15, -0.1) is 0 Å². The van der Waals surface area contributed by atoms with Gasteiger partial charge < -0.3 is 20.5 Å². The summed E-state index contributed by atoms with van der Waals surface area (Å²) in [6.45, 7) is 3.24. The Morgan fingerprint density at radius 1 is 1.41 bits per heavy atom. The maximum atomic E-state index is 5.51. The highest BCUT2D eigenvalue weighted by Gasteiger charge is 2.12. The zero-order valence-electron chi connectivity index (χ0n) is 9.73. The highest BCUT2D eigenvalue weighted by atomic mass is 32.1. The van der Waals surface area contributed by atoms with Crippen molar-refractivity contribution in [1.29, 1.82) is 0 Å². The Kier molecular flexibility index (Phi) is 3.68. The average molecular weight is 252 g/mol. The number of hydrogen-bond donors (Lipinski definition) is 2. The maximum Gasteiger partial charge on any atom is 0.163 e. The summed E-state index contributed by atoms with van der Waals surface area (Å²) in [5.74, 6) is 1.58. The molecule has 1 aliphatic heterocycles. The molecule has 2 rings (SSSR count). The molecule has 0 bridgehead atoms. The number of benzene rings is 1. The third-order valence-electron chi connectivity index (χ3n) is 2.46. The molecule has 0 aromatic heterocycles. The van der Waals surface area contributed by atoms with Crippen LogP contribution in [0.3, 0.4) is 0 Å². The SMILES string of the molecule is CC(CC(N)=S)Nc1ccc2c(c1)OCCO2. The van der Waals surface area contributed by atoms with E-state index >= 15 is 0 Å². The number of hydrogen-bond acceptors (Lipinski definition) is 4. The summed E-state index contributed by atoms with van der Waals surface area (Å²) in [5, 5.41) is 3.32. The smallest absolute Gasteiger partial charge is 0.163 e. The van der Waals surface area contributed by atoms with E-state index in [0.717, 1.165) is 17.2 Å². The lowest BCUT2D eigenvalue weighted by molar-refractivity contribution is 0.171. The summed E-state index contributed by atoms with van der Waals surface area (Å²) in [7, 11) is 0. The first kappa shape index (κ1) is 12.0. The monoisotopic (exact) mass is 252 g/mol. The van der Waals surface area contributed by atoms with Gasteiger partial charge in [0.05, 0.1) is 4.99 Å². The van der Waals surface area contributed by atoms with Gasteiger partial charge in [0, 0.05) is 24.2 Å². The summed E-state index contributed by atoms with van der Waals surface area (Å²) in [5.41, 5.74) is 6.49. The van der Waals surface area contributed by atoms with Crippen LogP contribution < -0.4 is 20.5 Å². The largest absolute Gasteiger partial charge is 0.486 e. The van der Waals surface area contributed by atoms with E-state index < -0.39 is 0 Å². The molecule has 0 amide bonds. The molecule has 1 heterocycles. The quantitative estimate of drug-likeness (QED) is 0.802. The molecule has 0 radical (unpaired) electrons. The summed E-state index contributed by atoms with van der Waals surface area (Å²) in [6.07, 6.45) is 0.670. The normalized spacial score (nSPS) is 15.1. The van der Waals surface area contributed by atoms with Crippen LogP contribution in [-0.2, 0) is 0 Å². The first-order chi connectivity index (χ1) is 8.15. The molecule has 1 aliphatic rings. The van der Waals surface area contributed by atoms with Crippen molar-refractivity contribution in [2.75, 3.05) is 18.5 Å². The Bertz CT molecular complexity index is 423. The Morgan fingerprint density at radius 3 is 2.82 bits per heavy atom. The minimum atomic E-state index is 0.204. The topological polar surface area (TPSA) is 56.5 Å². The van der Waals surface area contributed by atoms with Crippen LogP contribution in [0.4, 0.5) is 5.69 Å². The molecular weight excluding hydrogens is 236 g/mol. The van der Waals surface area contributed by atoms with Crippen molar-refractivity contribution in [3.8, 4) is 11.5 Å². The number of nitrogens with one attached hydrogen (secondary N) is 1. The predicted molar refractivity (Wildman–Crippen MR) is 71.9 cm³/mol. The summed E-state index contributed by atoms with van der Waals surface area (Å²) in [6, 6.07) is 6.01. The van der Waals surface area contributed by atoms with Crippen molar-refractivity contribution < 1.29 is 9.47 Å². The summed E-state index contributed by atoms with van der Waals surface area (Å²) < 4.78 is 11.0. The molecule has 0 saturated carbocycles. The van der Waals surface area contributed by atoms with E-state index in [-0.39, 0.29) is 6.04 Å². The van der Waals surface area contributed by atoms with E-state index in [2.05, 4.69) is 5.32 Å². The van der Waals surface area contributed by atoms with Gasteiger partial charge in [0.15, 0.2) is 11.5 Å². The van der Waals surface area contributed by atoms with Crippen LogP contribution in [0, 0.1) is 0 Å². The number of thiocarbonyl (C=S) groups is 1. The Labute approximate surface area is 106 Å². The predicted octanol–water partition coefficient (Wildman–Crippen LogP) is 1.93. The van der Waals surface area contributed by atoms with Crippen molar-refractivity contribution in [1.82, 2.24) is 0 Å². The minimum Gasteiger partial charge on any atom is -0.486 e. The molecule has 1 aromatic carbocycles. The fourth-order valence-corrected chi connectivity index (χ4v) is 2.02. The second-order valence-corrected chi connectivity index (χ2v) is 4.60.